The number of benzene rings is 5. The van der Waals surface area contributed by atoms with E-state index in [1.54, 1.807) is 24.3 Å². The minimum absolute atomic E-state index is 0.282. The number of hydrogen-bond donors (Lipinski definition) is 0. The number of fused-ring (bicyclic) bond motifs is 6. The number of allylic oxidation sites excluding steroid dienone is 5. The molecule has 2 aliphatic heterocycles. The van der Waals surface area contributed by atoms with Crippen LogP contribution in [-0.2, 0) is 20.7 Å². The number of hydrogen-bond acceptors (Lipinski definition) is 3. The second-order valence-electron chi connectivity index (χ2n) is 16.6. The lowest BCUT2D eigenvalue weighted by Gasteiger charge is -2.24. The summed E-state index contributed by atoms with van der Waals surface area (Å²) in [6.45, 7) is 15.4. The fourth-order valence-electron chi connectivity index (χ4n) is 9.41. The molecule has 0 radical (unpaired) electrons. The van der Waals surface area contributed by atoms with E-state index >= 15 is 0 Å². The van der Waals surface area contributed by atoms with Crippen LogP contribution in [0.2, 0.25) is 0 Å². The van der Waals surface area contributed by atoms with E-state index in [9.17, 15) is 8.42 Å². The van der Waals surface area contributed by atoms with Crippen molar-refractivity contribution >= 4 is 48.5 Å². The number of unbranched alkanes of at least 4 members (excludes halogenated alkanes) is 2. The average Bonchev–Trinajstić information content (AvgIpc) is 3.79. The van der Waals surface area contributed by atoms with Gasteiger partial charge in [-0.3, -0.25) is 0 Å². The molecule has 0 aromatic heterocycles. The second kappa shape index (κ2) is 14.7. The molecule has 0 N–H and O–H groups in total. The van der Waals surface area contributed by atoms with Gasteiger partial charge in [-0.05, 0) is 110 Å². The highest BCUT2D eigenvalue weighted by Crippen LogP contribution is 2.51. The number of nitrogens with zero attached hydrogens (tertiary/aromatic N) is 2. The molecule has 0 bridgehead atoms. The Labute approximate surface area is 333 Å². The van der Waals surface area contributed by atoms with Crippen LogP contribution in [0.3, 0.4) is 0 Å². The van der Waals surface area contributed by atoms with Gasteiger partial charge in [-0.1, -0.05) is 111 Å². The van der Waals surface area contributed by atoms with Gasteiger partial charge in [0.2, 0.25) is 15.5 Å². The van der Waals surface area contributed by atoms with E-state index < -0.39 is 9.84 Å². The van der Waals surface area contributed by atoms with Gasteiger partial charge in [0, 0.05) is 47.3 Å². The maximum absolute atomic E-state index is 14.7. The molecule has 0 fully saturated rings. The summed E-state index contributed by atoms with van der Waals surface area (Å²) < 4.78 is 32.0. The van der Waals surface area contributed by atoms with Crippen molar-refractivity contribution in [1.82, 2.24) is 0 Å². The third-order valence-corrected chi connectivity index (χ3v) is 14.2. The minimum atomic E-state index is -3.86. The van der Waals surface area contributed by atoms with Gasteiger partial charge in [0.05, 0.1) is 20.9 Å². The van der Waals surface area contributed by atoms with Crippen molar-refractivity contribution in [1.29, 1.82) is 0 Å². The zero-order valence-corrected chi connectivity index (χ0v) is 34.6. The Morgan fingerprint density at radius 1 is 0.696 bits per heavy atom. The topological polar surface area (TPSA) is 40.4 Å². The molecule has 5 heteroatoms. The summed E-state index contributed by atoms with van der Waals surface area (Å²) in [6.07, 6.45) is 9.76. The highest BCUT2D eigenvalue weighted by molar-refractivity contribution is 7.95. The summed E-state index contributed by atoms with van der Waals surface area (Å²) in [7, 11) is -3.86. The monoisotopic (exact) mass is 757 g/mol. The highest BCUT2D eigenvalue weighted by Gasteiger charge is 2.46. The van der Waals surface area contributed by atoms with Crippen LogP contribution in [0.4, 0.5) is 11.4 Å². The van der Waals surface area contributed by atoms with Gasteiger partial charge in [-0.15, -0.1) is 0 Å². The van der Waals surface area contributed by atoms with Gasteiger partial charge < -0.3 is 4.90 Å². The van der Waals surface area contributed by atoms with Gasteiger partial charge in [-0.25, -0.2) is 8.42 Å². The Balaban J connectivity index is 1.32. The first kappa shape index (κ1) is 37.7. The van der Waals surface area contributed by atoms with Crippen molar-refractivity contribution < 1.29 is 13.0 Å². The van der Waals surface area contributed by atoms with E-state index in [-0.39, 0.29) is 10.8 Å². The van der Waals surface area contributed by atoms with E-state index in [0.717, 1.165) is 50.0 Å². The molecule has 0 unspecified atom stereocenters. The van der Waals surface area contributed by atoms with Crippen LogP contribution >= 0.6 is 0 Å². The van der Waals surface area contributed by atoms with Crippen LogP contribution < -0.4 is 4.90 Å². The van der Waals surface area contributed by atoms with E-state index in [2.05, 4.69) is 147 Å². The molecule has 8 rings (SSSR count). The Morgan fingerprint density at radius 3 is 2.04 bits per heavy atom. The van der Waals surface area contributed by atoms with Crippen molar-refractivity contribution in [3.05, 3.63) is 160 Å². The van der Waals surface area contributed by atoms with Crippen molar-refractivity contribution in [3.8, 4) is 0 Å². The van der Waals surface area contributed by atoms with E-state index in [1.165, 1.54) is 49.8 Å². The van der Waals surface area contributed by atoms with Gasteiger partial charge >= 0.3 is 0 Å². The Morgan fingerprint density at radius 2 is 1.34 bits per heavy atom. The fourth-order valence-corrected chi connectivity index (χ4v) is 11.2. The van der Waals surface area contributed by atoms with Crippen molar-refractivity contribution in [2.45, 2.75) is 95.8 Å². The third-order valence-electron chi connectivity index (χ3n) is 12.2. The predicted molar refractivity (Wildman–Crippen MR) is 234 cm³/mol. The van der Waals surface area contributed by atoms with E-state index in [0.29, 0.717) is 28.2 Å². The van der Waals surface area contributed by atoms with E-state index in [4.69, 9.17) is 0 Å². The van der Waals surface area contributed by atoms with Crippen molar-refractivity contribution in [2.75, 3.05) is 18.0 Å². The number of rotatable bonds is 10. The first-order chi connectivity index (χ1) is 27.0. The average molecular weight is 758 g/mol. The largest absolute Gasteiger partial charge is 0.337 e. The molecule has 5 aromatic carbocycles. The van der Waals surface area contributed by atoms with Crippen LogP contribution in [0.25, 0.3) is 21.5 Å². The summed E-state index contributed by atoms with van der Waals surface area (Å²) in [5, 5.41) is 4.98. The third kappa shape index (κ3) is 6.23. The van der Waals surface area contributed by atoms with Crippen LogP contribution in [0.1, 0.15) is 91.2 Å². The van der Waals surface area contributed by atoms with Gasteiger partial charge in [0.25, 0.3) is 0 Å². The van der Waals surface area contributed by atoms with Crippen LogP contribution in [-0.4, -0.2) is 31.8 Å². The van der Waals surface area contributed by atoms with Crippen molar-refractivity contribution in [3.63, 3.8) is 0 Å². The summed E-state index contributed by atoms with van der Waals surface area (Å²) in [6, 6.07) is 35.1. The van der Waals surface area contributed by atoms with E-state index in [1.807, 2.05) is 6.07 Å². The SMILES string of the molecule is CCCCN1C(=C=C=C2CCC(/C=C/C3=[N+](CCCC)c4ccc5ccccc5c4C3(C)C)=C2S(=O)(=O)c2ccccc2)C(C)(C)c2c1ccc1ccccc21. The molecule has 56 heavy (non-hydrogen) atoms. The fraction of sp³-hybridized carbons (Fsp3) is 0.314. The molecule has 0 saturated heterocycles. The smallest absolute Gasteiger partial charge is 0.210 e. The molecule has 0 amide bonds. The van der Waals surface area contributed by atoms with Gasteiger partial charge in [0.15, 0.2) is 5.71 Å². The zero-order chi connectivity index (χ0) is 39.2. The maximum Gasteiger partial charge on any atom is 0.210 e. The summed E-state index contributed by atoms with van der Waals surface area (Å²) >= 11 is 0. The number of anilines is 1. The molecule has 3 aliphatic rings. The Bertz CT molecular complexity index is 2700. The first-order valence-corrected chi connectivity index (χ1v) is 21.9. The molecule has 4 nitrogen and oxygen atoms in total. The number of sulfone groups is 1. The van der Waals surface area contributed by atoms with Crippen molar-refractivity contribution in [2.24, 2.45) is 0 Å². The second-order valence-corrected chi connectivity index (χ2v) is 18.5. The zero-order valence-electron chi connectivity index (χ0n) is 33.7. The highest BCUT2D eigenvalue weighted by atomic mass is 32.2. The molecular formula is C51H53N2O2S+. The maximum atomic E-state index is 14.7. The molecule has 284 valence electrons. The summed E-state index contributed by atoms with van der Waals surface area (Å²) in [5.41, 5.74) is 15.4. The molecule has 1 aliphatic carbocycles. The van der Waals surface area contributed by atoms with Gasteiger partial charge in [-0.2, -0.15) is 4.58 Å². The normalized spacial score (nSPS) is 17.4. The van der Waals surface area contributed by atoms with Crippen LogP contribution in [0.15, 0.2) is 153 Å². The van der Waals surface area contributed by atoms with Gasteiger partial charge in [0.1, 0.15) is 6.54 Å². The quantitative estimate of drug-likeness (QED) is 0.105. The Kier molecular flexibility index (Phi) is 9.92. The summed E-state index contributed by atoms with van der Waals surface area (Å²) in [4.78, 5) is 3.07. The molecule has 0 saturated carbocycles. The minimum Gasteiger partial charge on any atom is -0.337 e. The Hall–Kier alpha value is -5.18. The summed E-state index contributed by atoms with van der Waals surface area (Å²) in [5.74, 6) is 0. The predicted octanol–water partition coefficient (Wildman–Crippen LogP) is 12.4. The van der Waals surface area contributed by atoms with Crippen LogP contribution in [0.5, 0.6) is 0 Å². The lowest BCUT2D eigenvalue weighted by atomic mass is 9.79. The molecule has 2 heterocycles. The lowest BCUT2D eigenvalue weighted by molar-refractivity contribution is -0.438. The van der Waals surface area contributed by atoms with Crippen LogP contribution in [0, 0.1) is 0 Å². The standard InChI is InChI=1S/C51H53N2O2S/c1-7-9-34-52-43-30-26-36-18-14-16-22-41(36)47(43)50(3,4)45(52)32-28-38-24-25-39(49(38)56(54,55)40-20-12-11-13-21-40)29-33-46-51(5,6)48-42-23-17-15-19-37(42)27-31-44(48)53(46)35-10-8-2/h11-23,26-28,30-32H,7-10,24-25,34-35H2,1-6H3/q+1. The molecular weight excluding hydrogens is 705 g/mol. The molecule has 5 aromatic rings. The first-order valence-electron chi connectivity index (χ1n) is 20.4. The molecule has 0 spiro atoms. The molecule has 0 atom stereocenters. The lowest BCUT2D eigenvalue weighted by Crippen LogP contribution is -2.28.